The van der Waals surface area contributed by atoms with Crippen LogP contribution in [0.3, 0.4) is 0 Å². The van der Waals surface area contributed by atoms with Crippen LogP contribution >= 0.6 is 15.9 Å². The van der Waals surface area contributed by atoms with E-state index in [1.165, 1.54) is 0 Å². The van der Waals surface area contributed by atoms with E-state index in [9.17, 15) is 28.4 Å². The van der Waals surface area contributed by atoms with E-state index in [0.29, 0.717) is 6.07 Å². The Balaban J connectivity index is 3.28. The molecule has 0 unspecified atom stereocenters. The number of pyridine rings is 1. The van der Waals surface area contributed by atoms with Crippen LogP contribution in [0.1, 0.15) is 5.69 Å². The fourth-order valence-corrected chi connectivity index (χ4v) is 1.33. The number of alkyl halides is 4. The Morgan fingerprint density at radius 1 is 1.59 bits per heavy atom. The highest BCUT2D eigenvalue weighted by molar-refractivity contribution is 9.08. The van der Waals surface area contributed by atoms with E-state index in [0.717, 1.165) is 0 Å². The van der Waals surface area contributed by atoms with Crippen LogP contribution in [0.4, 0.5) is 19.0 Å². The number of nitrogens with zero attached hydrogens (tertiary/aromatic N) is 2. The highest BCUT2D eigenvalue weighted by Crippen LogP contribution is 2.36. The van der Waals surface area contributed by atoms with Gasteiger partial charge in [-0.1, -0.05) is 15.9 Å². The first-order valence-electron chi connectivity index (χ1n) is 3.93. The largest absolute Gasteiger partial charge is 0.573 e. The van der Waals surface area contributed by atoms with Crippen molar-refractivity contribution in [3.63, 3.8) is 0 Å². The summed E-state index contributed by atoms with van der Waals surface area (Å²) < 4.78 is 39.3. The van der Waals surface area contributed by atoms with Gasteiger partial charge in [0, 0.05) is 0 Å². The van der Waals surface area contributed by atoms with Crippen LogP contribution in [0.2, 0.25) is 0 Å². The topological polar surface area (TPSA) is 85.5 Å². The Hall–Kier alpha value is -1.58. The first-order chi connectivity index (χ1) is 7.74. The third-order valence-corrected chi connectivity index (χ3v) is 2.09. The molecule has 0 aliphatic rings. The van der Waals surface area contributed by atoms with Gasteiger partial charge >= 0.3 is 12.2 Å². The summed E-state index contributed by atoms with van der Waals surface area (Å²) in [4.78, 5) is 12.8. The molecule has 10 heteroatoms. The molecule has 1 rings (SSSR count). The zero-order valence-corrected chi connectivity index (χ0v) is 9.45. The van der Waals surface area contributed by atoms with Crippen molar-refractivity contribution >= 4 is 21.7 Å². The first-order valence-corrected chi connectivity index (χ1v) is 5.05. The molecule has 6 nitrogen and oxygen atoms in total. The number of aromatic nitrogens is 1. The molecule has 17 heavy (non-hydrogen) atoms. The number of aromatic hydroxyl groups is 1. The van der Waals surface area contributed by atoms with Crippen LogP contribution in [0.25, 0.3) is 0 Å². The molecule has 0 saturated heterocycles. The third kappa shape index (κ3) is 3.44. The van der Waals surface area contributed by atoms with Gasteiger partial charge in [0.25, 0.3) is 0 Å². The SMILES string of the molecule is O=[N+]([O-])c1cc(OC(F)(F)F)c(O)c(CBr)n1. The van der Waals surface area contributed by atoms with E-state index < -0.39 is 28.6 Å². The Bertz CT molecular complexity index is 451. The lowest BCUT2D eigenvalue weighted by Gasteiger charge is -2.10. The number of hydrogen-bond acceptors (Lipinski definition) is 5. The minimum Gasteiger partial charge on any atom is -0.501 e. The van der Waals surface area contributed by atoms with E-state index in [-0.39, 0.29) is 11.0 Å². The van der Waals surface area contributed by atoms with E-state index in [1.807, 2.05) is 0 Å². The summed E-state index contributed by atoms with van der Waals surface area (Å²) in [6, 6.07) is 0.398. The second-order valence-corrected chi connectivity index (χ2v) is 3.27. The van der Waals surface area contributed by atoms with E-state index in [4.69, 9.17) is 0 Å². The van der Waals surface area contributed by atoms with Crippen LogP contribution in [0.15, 0.2) is 6.07 Å². The van der Waals surface area contributed by atoms with Crippen molar-refractivity contribution in [3.05, 3.63) is 21.9 Å². The number of ether oxygens (including phenoxy) is 1. The van der Waals surface area contributed by atoms with Crippen molar-refractivity contribution in [1.82, 2.24) is 4.98 Å². The molecule has 0 amide bonds. The molecule has 0 bridgehead atoms. The van der Waals surface area contributed by atoms with Crippen LogP contribution in [-0.2, 0) is 5.33 Å². The molecule has 0 aliphatic carbocycles. The second kappa shape index (κ2) is 4.73. The van der Waals surface area contributed by atoms with Gasteiger partial charge < -0.3 is 20.0 Å². The second-order valence-electron chi connectivity index (χ2n) is 2.71. The molecular formula is C7H4BrF3N2O4. The Kier molecular flexibility index (Phi) is 3.76. The lowest BCUT2D eigenvalue weighted by atomic mass is 10.3. The molecule has 0 aromatic carbocycles. The van der Waals surface area contributed by atoms with Crippen LogP contribution in [-0.4, -0.2) is 21.4 Å². The van der Waals surface area contributed by atoms with E-state index in [2.05, 4.69) is 25.7 Å². The number of rotatable bonds is 3. The summed E-state index contributed by atoms with van der Waals surface area (Å²) in [7, 11) is 0. The van der Waals surface area contributed by atoms with Crippen LogP contribution in [0.5, 0.6) is 11.5 Å². The first kappa shape index (κ1) is 13.5. The fourth-order valence-electron chi connectivity index (χ4n) is 0.941. The van der Waals surface area contributed by atoms with Gasteiger partial charge in [-0.05, 0) is 9.91 Å². The van der Waals surface area contributed by atoms with Crippen molar-refractivity contribution in [2.45, 2.75) is 11.7 Å². The van der Waals surface area contributed by atoms with E-state index in [1.54, 1.807) is 0 Å². The number of halogens is 4. The third-order valence-electron chi connectivity index (χ3n) is 1.56. The van der Waals surface area contributed by atoms with E-state index >= 15 is 0 Å². The van der Waals surface area contributed by atoms with Gasteiger partial charge in [0.15, 0.2) is 5.75 Å². The molecule has 1 heterocycles. The van der Waals surface area contributed by atoms with Gasteiger partial charge in [0.1, 0.15) is 0 Å². The maximum absolute atomic E-state index is 12.0. The molecule has 0 fully saturated rings. The van der Waals surface area contributed by atoms with Crippen molar-refractivity contribution in [2.24, 2.45) is 0 Å². The van der Waals surface area contributed by atoms with Gasteiger partial charge in [0.2, 0.25) is 11.4 Å². The summed E-state index contributed by atoms with van der Waals surface area (Å²) in [6.45, 7) is 0. The molecule has 94 valence electrons. The lowest BCUT2D eigenvalue weighted by molar-refractivity contribution is -0.389. The molecule has 1 aromatic heterocycles. The molecule has 1 aromatic rings. The summed E-state index contributed by atoms with van der Waals surface area (Å²) in [6.07, 6.45) is -5.06. The standard InChI is InChI=1S/C7H4BrF3N2O4/c8-2-3-6(14)4(17-7(9,10)11)1-5(12-3)13(15)16/h1,14H,2H2. The summed E-state index contributed by atoms with van der Waals surface area (Å²) in [5.74, 6) is -2.81. The zero-order valence-electron chi connectivity index (χ0n) is 7.86. The monoisotopic (exact) mass is 316 g/mol. The maximum Gasteiger partial charge on any atom is 0.573 e. The van der Waals surface area contributed by atoms with Crippen LogP contribution < -0.4 is 4.74 Å². The number of nitro groups is 1. The normalized spacial score (nSPS) is 11.3. The number of hydrogen-bond donors (Lipinski definition) is 1. The highest BCUT2D eigenvalue weighted by atomic mass is 79.9. The average Bonchev–Trinajstić information content (AvgIpc) is 2.18. The minimum atomic E-state index is -5.06. The van der Waals surface area contributed by atoms with Crippen molar-refractivity contribution in [2.75, 3.05) is 0 Å². The molecule has 0 radical (unpaired) electrons. The van der Waals surface area contributed by atoms with Crippen molar-refractivity contribution in [3.8, 4) is 11.5 Å². The summed E-state index contributed by atoms with van der Waals surface area (Å²) in [5, 5.41) is 19.6. The predicted molar refractivity (Wildman–Crippen MR) is 51.9 cm³/mol. The molecule has 0 spiro atoms. The fraction of sp³-hybridized carbons (Fsp3) is 0.286. The predicted octanol–water partition coefficient (Wildman–Crippen LogP) is 2.49. The van der Waals surface area contributed by atoms with Gasteiger partial charge in [-0.15, -0.1) is 13.2 Å². The minimum absolute atomic E-state index is 0.158. The van der Waals surface area contributed by atoms with Crippen molar-refractivity contribution in [1.29, 1.82) is 0 Å². The lowest BCUT2D eigenvalue weighted by Crippen LogP contribution is -2.17. The Labute approximate surface area is 100 Å². The molecular weight excluding hydrogens is 313 g/mol. The summed E-state index contributed by atoms with van der Waals surface area (Å²) >= 11 is 2.82. The average molecular weight is 317 g/mol. The zero-order chi connectivity index (χ0) is 13.2. The Morgan fingerprint density at radius 2 is 2.18 bits per heavy atom. The molecule has 1 N–H and O–H groups in total. The van der Waals surface area contributed by atoms with Gasteiger partial charge in [-0.3, -0.25) is 0 Å². The van der Waals surface area contributed by atoms with Gasteiger partial charge in [-0.2, -0.15) is 0 Å². The van der Waals surface area contributed by atoms with Gasteiger partial charge in [-0.25, -0.2) is 0 Å². The highest BCUT2D eigenvalue weighted by Gasteiger charge is 2.34. The smallest absolute Gasteiger partial charge is 0.501 e. The maximum atomic E-state index is 12.0. The molecule has 0 atom stereocenters. The quantitative estimate of drug-likeness (QED) is 0.526. The summed E-state index contributed by atoms with van der Waals surface area (Å²) in [5.41, 5.74) is -0.321. The Morgan fingerprint density at radius 3 is 2.59 bits per heavy atom. The van der Waals surface area contributed by atoms with Gasteiger partial charge in [0.05, 0.1) is 11.4 Å². The van der Waals surface area contributed by atoms with Crippen LogP contribution in [0, 0.1) is 10.1 Å². The molecule has 0 saturated carbocycles. The molecule has 0 aliphatic heterocycles. The van der Waals surface area contributed by atoms with Crippen molar-refractivity contribution < 1.29 is 27.9 Å².